The van der Waals surface area contributed by atoms with Gasteiger partial charge in [-0.25, -0.2) is 4.79 Å². The molecule has 2 amide bonds. The zero-order valence-electron chi connectivity index (χ0n) is 10.5. The maximum absolute atomic E-state index is 11.8. The fourth-order valence-corrected chi connectivity index (χ4v) is 1.49. The fraction of sp³-hybridized carbons (Fsp3) is 0.909. The van der Waals surface area contributed by atoms with E-state index >= 15 is 0 Å². The zero-order chi connectivity index (χ0) is 11.9. The summed E-state index contributed by atoms with van der Waals surface area (Å²) in [6.45, 7) is 10.2. The molecule has 0 aliphatic heterocycles. The molecule has 0 rings (SSSR count). The SMILES string of the molecule is CCN(CC)C(=O)NC(C)(CC)CCN. The first kappa shape index (κ1) is 14.2. The number of hydrogen-bond donors (Lipinski definition) is 2. The second kappa shape index (κ2) is 6.67. The lowest BCUT2D eigenvalue weighted by Crippen LogP contribution is -2.52. The van der Waals surface area contributed by atoms with Crippen LogP contribution in [-0.4, -0.2) is 36.1 Å². The minimum Gasteiger partial charge on any atom is -0.333 e. The van der Waals surface area contributed by atoms with Gasteiger partial charge in [0.2, 0.25) is 0 Å². The van der Waals surface area contributed by atoms with Crippen molar-refractivity contribution in [2.75, 3.05) is 19.6 Å². The molecule has 0 heterocycles. The van der Waals surface area contributed by atoms with Gasteiger partial charge in [-0.15, -0.1) is 0 Å². The van der Waals surface area contributed by atoms with E-state index in [0.717, 1.165) is 25.9 Å². The van der Waals surface area contributed by atoms with Crippen molar-refractivity contribution < 1.29 is 4.79 Å². The monoisotopic (exact) mass is 215 g/mol. The molecule has 0 spiro atoms. The summed E-state index contributed by atoms with van der Waals surface area (Å²) in [6, 6.07) is 0.0119. The Morgan fingerprint density at radius 1 is 1.33 bits per heavy atom. The second-order valence-electron chi connectivity index (χ2n) is 4.06. The van der Waals surface area contributed by atoms with Gasteiger partial charge in [0, 0.05) is 18.6 Å². The van der Waals surface area contributed by atoms with Gasteiger partial charge in [0.15, 0.2) is 0 Å². The Morgan fingerprint density at radius 2 is 1.87 bits per heavy atom. The van der Waals surface area contributed by atoms with Gasteiger partial charge in [0.05, 0.1) is 0 Å². The number of carbonyl (C=O) groups excluding carboxylic acids is 1. The number of rotatable bonds is 6. The highest BCUT2D eigenvalue weighted by molar-refractivity contribution is 5.74. The van der Waals surface area contributed by atoms with E-state index in [1.165, 1.54) is 0 Å². The molecule has 1 unspecified atom stereocenters. The van der Waals surface area contributed by atoms with E-state index in [9.17, 15) is 4.79 Å². The molecular weight excluding hydrogens is 190 g/mol. The lowest BCUT2D eigenvalue weighted by atomic mass is 9.95. The topological polar surface area (TPSA) is 58.4 Å². The van der Waals surface area contributed by atoms with E-state index in [0.29, 0.717) is 6.54 Å². The van der Waals surface area contributed by atoms with Crippen molar-refractivity contribution >= 4 is 6.03 Å². The summed E-state index contributed by atoms with van der Waals surface area (Å²) in [5, 5.41) is 3.05. The minimum absolute atomic E-state index is 0.0119. The summed E-state index contributed by atoms with van der Waals surface area (Å²) in [4.78, 5) is 13.6. The third kappa shape index (κ3) is 4.51. The molecule has 0 aromatic carbocycles. The average Bonchev–Trinajstić information content (AvgIpc) is 2.20. The molecule has 90 valence electrons. The van der Waals surface area contributed by atoms with Crippen LogP contribution in [0.25, 0.3) is 0 Å². The van der Waals surface area contributed by atoms with Crippen LogP contribution in [0.5, 0.6) is 0 Å². The number of nitrogens with one attached hydrogen (secondary N) is 1. The summed E-state index contributed by atoms with van der Waals surface area (Å²) < 4.78 is 0. The molecule has 0 bridgehead atoms. The van der Waals surface area contributed by atoms with E-state index in [-0.39, 0.29) is 11.6 Å². The van der Waals surface area contributed by atoms with Crippen LogP contribution in [0.1, 0.15) is 40.5 Å². The first-order valence-corrected chi connectivity index (χ1v) is 5.80. The molecule has 0 aromatic rings. The quantitative estimate of drug-likeness (QED) is 0.706. The number of hydrogen-bond acceptors (Lipinski definition) is 2. The van der Waals surface area contributed by atoms with E-state index in [2.05, 4.69) is 12.2 Å². The van der Waals surface area contributed by atoms with Crippen LogP contribution in [0.2, 0.25) is 0 Å². The zero-order valence-corrected chi connectivity index (χ0v) is 10.5. The van der Waals surface area contributed by atoms with Gasteiger partial charge < -0.3 is 16.0 Å². The van der Waals surface area contributed by atoms with Crippen LogP contribution in [0, 0.1) is 0 Å². The average molecular weight is 215 g/mol. The van der Waals surface area contributed by atoms with Crippen LogP contribution in [0.4, 0.5) is 4.79 Å². The lowest BCUT2D eigenvalue weighted by molar-refractivity contribution is 0.186. The fourth-order valence-electron chi connectivity index (χ4n) is 1.49. The van der Waals surface area contributed by atoms with Crippen molar-refractivity contribution in [2.45, 2.75) is 46.1 Å². The van der Waals surface area contributed by atoms with E-state index < -0.39 is 0 Å². The third-order valence-corrected chi connectivity index (χ3v) is 2.94. The van der Waals surface area contributed by atoms with Gasteiger partial charge >= 0.3 is 6.03 Å². The Labute approximate surface area is 93.2 Å². The molecule has 0 saturated carbocycles. The van der Waals surface area contributed by atoms with Crippen molar-refractivity contribution in [3.63, 3.8) is 0 Å². The van der Waals surface area contributed by atoms with Gasteiger partial charge in [-0.1, -0.05) is 6.92 Å². The molecule has 0 aromatic heterocycles. The Morgan fingerprint density at radius 3 is 2.20 bits per heavy atom. The van der Waals surface area contributed by atoms with E-state index in [4.69, 9.17) is 5.73 Å². The van der Waals surface area contributed by atoms with E-state index in [1.54, 1.807) is 4.90 Å². The molecular formula is C11H25N3O. The summed E-state index contributed by atoms with van der Waals surface area (Å²) >= 11 is 0. The summed E-state index contributed by atoms with van der Waals surface area (Å²) in [5.74, 6) is 0. The molecule has 3 N–H and O–H groups in total. The van der Waals surface area contributed by atoms with Crippen molar-refractivity contribution in [3.05, 3.63) is 0 Å². The third-order valence-electron chi connectivity index (χ3n) is 2.94. The number of carbonyl (C=O) groups is 1. The molecule has 15 heavy (non-hydrogen) atoms. The largest absolute Gasteiger partial charge is 0.333 e. The van der Waals surface area contributed by atoms with Crippen molar-refractivity contribution in [2.24, 2.45) is 5.73 Å². The van der Waals surface area contributed by atoms with Crippen LogP contribution < -0.4 is 11.1 Å². The van der Waals surface area contributed by atoms with Crippen molar-refractivity contribution in [3.8, 4) is 0 Å². The molecule has 1 atom stereocenters. The first-order valence-electron chi connectivity index (χ1n) is 5.80. The van der Waals surface area contributed by atoms with Crippen LogP contribution in [-0.2, 0) is 0 Å². The number of nitrogens with two attached hydrogens (primary N) is 1. The maximum Gasteiger partial charge on any atom is 0.317 e. The van der Waals surface area contributed by atoms with Crippen molar-refractivity contribution in [1.29, 1.82) is 0 Å². The molecule has 4 heteroatoms. The smallest absolute Gasteiger partial charge is 0.317 e. The van der Waals surface area contributed by atoms with Gasteiger partial charge in [-0.05, 0) is 40.2 Å². The summed E-state index contributed by atoms with van der Waals surface area (Å²) in [5.41, 5.74) is 5.37. The maximum atomic E-state index is 11.8. The predicted molar refractivity (Wildman–Crippen MR) is 63.8 cm³/mol. The van der Waals surface area contributed by atoms with Crippen LogP contribution >= 0.6 is 0 Å². The highest BCUT2D eigenvalue weighted by Gasteiger charge is 2.24. The van der Waals surface area contributed by atoms with Crippen LogP contribution in [0.3, 0.4) is 0 Å². The number of urea groups is 1. The highest BCUT2D eigenvalue weighted by atomic mass is 16.2. The highest BCUT2D eigenvalue weighted by Crippen LogP contribution is 2.13. The molecule has 0 aliphatic carbocycles. The van der Waals surface area contributed by atoms with E-state index in [1.807, 2.05) is 20.8 Å². The van der Waals surface area contributed by atoms with Gasteiger partial charge in [-0.2, -0.15) is 0 Å². The summed E-state index contributed by atoms with van der Waals surface area (Å²) in [7, 11) is 0. The Hall–Kier alpha value is -0.770. The molecule has 0 aliphatic rings. The Bertz CT molecular complexity index is 192. The number of nitrogens with zero attached hydrogens (tertiary/aromatic N) is 1. The van der Waals surface area contributed by atoms with Gasteiger partial charge in [-0.3, -0.25) is 0 Å². The van der Waals surface area contributed by atoms with Crippen molar-refractivity contribution in [1.82, 2.24) is 10.2 Å². The van der Waals surface area contributed by atoms with Gasteiger partial charge in [0.25, 0.3) is 0 Å². The van der Waals surface area contributed by atoms with Gasteiger partial charge in [0.1, 0.15) is 0 Å². The minimum atomic E-state index is -0.172. The Balaban J connectivity index is 4.34. The van der Waals surface area contributed by atoms with Crippen LogP contribution in [0.15, 0.2) is 0 Å². The summed E-state index contributed by atoms with van der Waals surface area (Å²) in [6.07, 6.45) is 1.72. The molecule has 0 radical (unpaired) electrons. The normalized spacial score (nSPS) is 14.5. The lowest BCUT2D eigenvalue weighted by Gasteiger charge is -2.32. The predicted octanol–water partition coefficient (Wildman–Crippen LogP) is 1.56. The number of amides is 2. The standard InChI is InChI=1S/C11H25N3O/c1-5-11(4,8-9-12)13-10(15)14(6-2)7-3/h5-9,12H2,1-4H3,(H,13,15). The molecule has 0 saturated heterocycles. The second-order valence-corrected chi connectivity index (χ2v) is 4.06. The molecule has 0 fully saturated rings. The molecule has 4 nitrogen and oxygen atoms in total. The first-order chi connectivity index (χ1) is 7.02. The Kier molecular flexibility index (Phi) is 6.32.